The van der Waals surface area contributed by atoms with Gasteiger partial charge in [0.2, 0.25) is 0 Å². The molecule has 0 rings (SSSR count). The highest BCUT2D eigenvalue weighted by Crippen LogP contribution is 1.98. The smallest absolute Gasteiger partial charge is 0.353 e. The van der Waals surface area contributed by atoms with Crippen LogP contribution in [0.4, 0.5) is 0 Å². The fraction of sp³-hybridized carbons (Fsp3) is 0.778. The molecular formula is C9H17NO3. The summed E-state index contributed by atoms with van der Waals surface area (Å²) in [4.78, 5) is 15.1. The molecule has 0 amide bonds. The van der Waals surface area contributed by atoms with Gasteiger partial charge in [-0.3, -0.25) is 0 Å². The van der Waals surface area contributed by atoms with Gasteiger partial charge in [0.15, 0.2) is 5.71 Å². The molecule has 4 nitrogen and oxygen atoms in total. The summed E-state index contributed by atoms with van der Waals surface area (Å²) < 4.78 is 0. The van der Waals surface area contributed by atoms with Crippen LogP contribution in [0.1, 0.15) is 39.5 Å². The Bertz CT molecular complexity index is 178. The summed E-state index contributed by atoms with van der Waals surface area (Å²) in [6.45, 7) is 4.05. The average Bonchev–Trinajstić information content (AvgIpc) is 2.10. The zero-order chi connectivity index (χ0) is 10.1. The highest BCUT2D eigenvalue weighted by Gasteiger charge is 2.00. The van der Waals surface area contributed by atoms with E-state index >= 15 is 0 Å². The molecule has 0 saturated carbocycles. The van der Waals surface area contributed by atoms with Gasteiger partial charge in [-0.1, -0.05) is 24.9 Å². The van der Waals surface area contributed by atoms with E-state index in [1.54, 1.807) is 0 Å². The zero-order valence-electron chi connectivity index (χ0n) is 8.25. The summed E-state index contributed by atoms with van der Waals surface area (Å²) in [5.41, 5.74) is -0.00417. The minimum atomic E-state index is -1.03. The van der Waals surface area contributed by atoms with E-state index in [1.165, 1.54) is 19.8 Å². The van der Waals surface area contributed by atoms with Crippen molar-refractivity contribution in [1.82, 2.24) is 0 Å². The first-order valence-electron chi connectivity index (χ1n) is 4.58. The molecule has 4 heteroatoms. The normalized spacial score (nSPS) is 11.4. The molecule has 1 N–H and O–H groups in total. The van der Waals surface area contributed by atoms with E-state index in [0.29, 0.717) is 6.61 Å². The number of carboxylic acid groups (broad SMARTS) is 1. The quantitative estimate of drug-likeness (QED) is 0.377. The van der Waals surface area contributed by atoms with Crippen molar-refractivity contribution in [1.29, 1.82) is 0 Å². The number of rotatable bonds is 7. The molecule has 0 spiro atoms. The molecule has 0 saturated heterocycles. The summed E-state index contributed by atoms with van der Waals surface area (Å²) >= 11 is 0. The topological polar surface area (TPSA) is 58.9 Å². The van der Waals surface area contributed by atoms with Crippen molar-refractivity contribution in [2.75, 3.05) is 6.61 Å². The molecule has 0 heterocycles. The first kappa shape index (κ1) is 11.9. The molecule has 0 aliphatic carbocycles. The Morgan fingerprint density at radius 1 is 1.38 bits per heavy atom. The molecule has 0 unspecified atom stereocenters. The second-order valence-corrected chi connectivity index (χ2v) is 2.88. The van der Waals surface area contributed by atoms with Crippen LogP contribution < -0.4 is 0 Å². The largest absolute Gasteiger partial charge is 0.477 e. The van der Waals surface area contributed by atoms with Gasteiger partial charge in [0.05, 0.1) is 0 Å². The first-order valence-corrected chi connectivity index (χ1v) is 4.58. The summed E-state index contributed by atoms with van der Waals surface area (Å²) in [5, 5.41) is 11.9. The molecule has 0 radical (unpaired) electrons. The number of unbranched alkanes of at least 4 members (excludes halogenated alkanes) is 3. The molecular weight excluding hydrogens is 170 g/mol. The number of hydrogen-bond acceptors (Lipinski definition) is 3. The lowest BCUT2D eigenvalue weighted by atomic mass is 10.2. The van der Waals surface area contributed by atoms with Crippen LogP contribution in [0.15, 0.2) is 5.16 Å². The Morgan fingerprint density at radius 3 is 2.62 bits per heavy atom. The highest BCUT2D eigenvalue weighted by atomic mass is 16.6. The minimum absolute atomic E-state index is 0.00417. The fourth-order valence-electron chi connectivity index (χ4n) is 0.775. The maximum Gasteiger partial charge on any atom is 0.353 e. The Kier molecular flexibility index (Phi) is 6.96. The maximum absolute atomic E-state index is 10.3. The fourth-order valence-corrected chi connectivity index (χ4v) is 0.775. The van der Waals surface area contributed by atoms with Crippen LogP contribution in [-0.4, -0.2) is 23.4 Å². The molecule has 0 atom stereocenters. The third-order valence-electron chi connectivity index (χ3n) is 1.60. The summed E-state index contributed by atoms with van der Waals surface area (Å²) in [6.07, 6.45) is 4.41. The van der Waals surface area contributed by atoms with Crippen molar-refractivity contribution in [3.63, 3.8) is 0 Å². The van der Waals surface area contributed by atoms with Crippen molar-refractivity contribution in [2.24, 2.45) is 5.16 Å². The van der Waals surface area contributed by atoms with E-state index in [-0.39, 0.29) is 5.71 Å². The zero-order valence-corrected chi connectivity index (χ0v) is 8.25. The van der Waals surface area contributed by atoms with E-state index in [1.807, 2.05) is 0 Å². The van der Waals surface area contributed by atoms with Gasteiger partial charge < -0.3 is 9.94 Å². The van der Waals surface area contributed by atoms with Crippen LogP contribution >= 0.6 is 0 Å². The van der Waals surface area contributed by atoms with Crippen LogP contribution in [-0.2, 0) is 9.63 Å². The maximum atomic E-state index is 10.3. The lowest BCUT2D eigenvalue weighted by Gasteiger charge is -1.98. The predicted octanol–water partition coefficient (Wildman–Crippen LogP) is 2.04. The van der Waals surface area contributed by atoms with E-state index in [4.69, 9.17) is 9.94 Å². The van der Waals surface area contributed by atoms with Gasteiger partial charge in [-0.15, -0.1) is 0 Å². The molecule has 0 aromatic rings. The van der Waals surface area contributed by atoms with Crippen molar-refractivity contribution < 1.29 is 14.7 Å². The van der Waals surface area contributed by atoms with Gasteiger partial charge in [-0.05, 0) is 19.8 Å². The van der Waals surface area contributed by atoms with Crippen LogP contribution in [0.25, 0.3) is 0 Å². The Morgan fingerprint density at radius 2 is 2.08 bits per heavy atom. The van der Waals surface area contributed by atoms with Crippen LogP contribution in [0.5, 0.6) is 0 Å². The number of aliphatic carboxylic acids is 1. The van der Waals surface area contributed by atoms with Gasteiger partial charge in [0, 0.05) is 0 Å². The summed E-state index contributed by atoms with van der Waals surface area (Å²) in [5.74, 6) is -1.03. The SMILES string of the molecule is CCCCCCON=C(C)C(=O)O. The Labute approximate surface area is 78.6 Å². The molecule has 0 aromatic carbocycles. The van der Waals surface area contributed by atoms with Crippen molar-refractivity contribution in [2.45, 2.75) is 39.5 Å². The standard InChI is InChI=1S/C9H17NO3/c1-3-4-5-6-7-13-10-8(2)9(11)12/h3-7H2,1-2H3,(H,11,12). The molecule has 0 aliphatic rings. The molecule has 0 aromatic heterocycles. The van der Waals surface area contributed by atoms with Crippen LogP contribution in [0, 0.1) is 0 Å². The van der Waals surface area contributed by atoms with E-state index < -0.39 is 5.97 Å². The van der Waals surface area contributed by atoms with Gasteiger partial charge in [-0.2, -0.15) is 0 Å². The first-order chi connectivity index (χ1) is 6.18. The molecule has 13 heavy (non-hydrogen) atoms. The number of carbonyl (C=O) groups is 1. The van der Waals surface area contributed by atoms with Gasteiger partial charge in [0.1, 0.15) is 6.61 Å². The summed E-state index contributed by atoms with van der Waals surface area (Å²) in [6, 6.07) is 0. The molecule has 76 valence electrons. The monoisotopic (exact) mass is 187 g/mol. The summed E-state index contributed by atoms with van der Waals surface area (Å²) in [7, 11) is 0. The molecule has 0 aliphatic heterocycles. The van der Waals surface area contributed by atoms with Gasteiger partial charge >= 0.3 is 5.97 Å². The van der Waals surface area contributed by atoms with Crippen LogP contribution in [0.3, 0.4) is 0 Å². The van der Waals surface area contributed by atoms with Crippen molar-refractivity contribution in [3.8, 4) is 0 Å². The lowest BCUT2D eigenvalue weighted by molar-refractivity contribution is -0.129. The van der Waals surface area contributed by atoms with Crippen molar-refractivity contribution in [3.05, 3.63) is 0 Å². The Balaban J connectivity index is 3.34. The number of oxime groups is 1. The average molecular weight is 187 g/mol. The Hall–Kier alpha value is -1.06. The molecule has 0 fully saturated rings. The van der Waals surface area contributed by atoms with E-state index in [0.717, 1.165) is 12.8 Å². The predicted molar refractivity (Wildman–Crippen MR) is 50.8 cm³/mol. The number of nitrogens with zero attached hydrogens (tertiary/aromatic N) is 1. The van der Waals surface area contributed by atoms with Crippen molar-refractivity contribution >= 4 is 11.7 Å². The third-order valence-corrected chi connectivity index (χ3v) is 1.60. The second-order valence-electron chi connectivity index (χ2n) is 2.88. The number of hydrogen-bond donors (Lipinski definition) is 1. The third kappa shape index (κ3) is 7.31. The molecule has 0 bridgehead atoms. The van der Waals surface area contributed by atoms with E-state index in [9.17, 15) is 4.79 Å². The number of carboxylic acids is 1. The minimum Gasteiger partial charge on any atom is -0.477 e. The van der Waals surface area contributed by atoms with Gasteiger partial charge in [0.25, 0.3) is 0 Å². The lowest BCUT2D eigenvalue weighted by Crippen LogP contribution is -2.08. The van der Waals surface area contributed by atoms with E-state index in [2.05, 4.69) is 12.1 Å². The highest BCUT2D eigenvalue weighted by molar-refractivity contribution is 6.34. The second kappa shape index (κ2) is 7.58. The van der Waals surface area contributed by atoms with Gasteiger partial charge in [-0.25, -0.2) is 4.79 Å². The van der Waals surface area contributed by atoms with Crippen LogP contribution in [0.2, 0.25) is 0 Å².